The van der Waals surface area contributed by atoms with Crippen LogP contribution in [-0.2, 0) is 0 Å². The van der Waals surface area contributed by atoms with Crippen LogP contribution in [0.2, 0.25) is 0 Å². The van der Waals surface area contributed by atoms with Crippen LogP contribution in [0.1, 0.15) is 39.0 Å². The third-order valence-corrected chi connectivity index (χ3v) is 2.81. The Morgan fingerprint density at radius 3 is 2.62 bits per heavy atom. The molecule has 0 unspecified atom stereocenters. The van der Waals surface area contributed by atoms with Gasteiger partial charge in [0.05, 0.1) is 0 Å². The average molecular weight is 185 g/mol. The lowest BCUT2D eigenvalue weighted by Crippen LogP contribution is -2.31. The smallest absolute Gasteiger partial charge is 0.212 e. The zero-order valence-corrected chi connectivity index (χ0v) is 8.21. The monoisotopic (exact) mass is 185 g/mol. The number of nitrogens with two attached hydrogens (primary N) is 1. The van der Waals surface area contributed by atoms with Crippen LogP contribution >= 0.6 is 0 Å². The van der Waals surface area contributed by atoms with Gasteiger partial charge in [-0.3, -0.25) is 10.2 Å². The third kappa shape index (κ3) is 3.22. The number of rotatable bonds is 2. The molecule has 0 aromatic carbocycles. The molecule has 0 heterocycles. The summed E-state index contributed by atoms with van der Waals surface area (Å²) in [6, 6.07) is 0. The minimum atomic E-state index is 0.117. The van der Waals surface area contributed by atoms with E-state index in [1.807, 2.05) is 5.48 Å². The van der Waals surface area contributed by atoms with E-state index in [1.165, 1.54) is 32.1 Å². The van der Waals surface area contributed by atoms with E-state index in [4.69, 9.17) is 10.9 Å². The first kappa shape index (κ1) is 10.3. The summed E-state index contributed by atoms with van der Waals surface area (Å²) in [5.74, 6) is 0.117. The predicted octanol–water partition coefficient (Wildman–Crippen LogP) is 1.25. The van der Waals surface area contributed by atoms with Gasteiger partial charge in [0.25, 0.3) is 0 Å². The van der Waals surface area contributed by atoms with Gasteiger partial charge in [-0.05, 0) is 18.3 Å². The average Bonchev–Trinajstić information content (AvgIpc) is 2.15. The summed E-state index contributed by atoms with van der Waals surface area (Å²) in [7, 11) is 0. The maximum Gasteiger partial charge on any atom is 0.212 e. The first-order chi connectivity index (χ1) is 6.16. The van der Waals surface area contributed by atoms with E-state index in [0.29, 0.717) is 12.0 Å². The Labute approximate surface area is 79.2 Å². The lowest BCUT2D eigenvalue weighted by atomic mass is 9.76. The topological polar surface area (TPSA) is 70.6 Å². The molecule has 1 aliphatic carbocycles. The highest BCUT2D eigenvalue weighted by Gasteiger charge is 2.26. The van der Waals surface area contributed by atoms with Crippen molar-refractivity contribution in [1.29, 1.82) is 0 Å². The van der Waals surface area contributed by atoms with Crippen LogP contribution in [0.25, 0.3) is 0 Å². The molecular weight excluding hydrogens is 166 g/mol. The fourth-order valence-corrected chi connectivity index (χ4v) is 1.87. The van der Waals surface area contributed by atoms with Crippen molar-refractivity contribution < 1.29 is 5.21 Å². The van der Waals surface area contributed by atoms with Gasteiger partial charge in [0.15, 0.2) is 0 Å². The Kier molecular flexibility index (Phi) is 3.54. The lowest BCUT2D eigenvalue weighted by molar-refractivity contribution is 0.218. The number of aliphatic imine (C=N–C) groups is 1. The van der Waals surface area contributed by atoms with E-state index in [1.54, 1.807) is 0 Å². The first-order valence-corrected chi connectivity index (χ1v) is 4.86. The van der Waals surface area contributed by atoms with Crippen molar-refractivity contribution in [3.8, 4) is 0 Å². The quantitative estimate of drug-likeness (QED) is 0.344. The van der Waals surface area contributed by atoms with E-state index in [0.717, 1.165) is 0 Å². The van der Waals surface area contributed by atoms with Gasteiger partial charge < -0.3 is 5.73 Å². The second-order valence-electron chi connectivity index (χ2n) is 4.18. The van der Waals surface area contributed by atoms with Crippen LogP contribution in [0.15, 0.2) is 4.99 Å². The summed E-state index contributed by atoms with van der Waals surface area (Å²) < 4.78 is 0. The zero-order valence-electron chi connectivity index (χ0n) is 8.21. The largest absolute Gasteiger partial charge is 0.368 e. The Hall–Kier alpha value is -0.770. The highest BCUT2D eigenvalue weighted by Crippen LogP contribution is 2.35. The third-order valence-electron chi connectivity index (χ3n) is 2.81. The van der Waals surface area contributed by atoms with Crippen LogP contribution in [0, 0.1) is 5.41 Å². The van der Waals surface area contributed by atoms with Gasteiger partial charge >= 0.3 is 0 Å². The van der Waals surface area contributed by atoms with Gasteiger partial charge in [-0.2, -0.15) is 0 Å². The maximum absolute atomic E-state index is 8.44. The molecule has 0 spiro atoms. The Balaban J connectivity index is 2.41. The second-order valence-corrected chi connectivity index (χ2v) is 4.18. The fourth-order valence-electron chi connectivity index (χ4n) is 1.87. The Bertz CT molecular complexity index is 185. The predicted molar refractivity (Wildman–Crippen MR) is 52.6 cm³/mol. The summed E-state index contributed by atoms with van der Waals surface area (Å²) in [4.78, 5) is 4.07. The number of hydroxylamine groups is 1. The van der Waals surface area contributed by atoms with Gasteiger partial charge in [0, 0.05) is 6.54 Å². The molecule has 1 saturated carbocycles. The molecule has 0 aromatic heterocycles. The summed E-state index contributed by atoms with van der Waals surface area (Å²) in [5.41, 5.74) is 7.48. The van der Waals surface area contributed by atoms with Gasteiger partial charge in [-0.1, -0.05) is 26.2 Å². The summed E-state index contributed by atoms with van der Waals surface area (Å²) in [6.07, 6.45) is 6.36. The van der Waals surface area contributed by atoms with E-state index < -0.39 is 0 Å². The number of hydrogen-bond donors (Lipinski definition) is 3. The van der Waals surface area contributed by atoms with Crippen molar-refractivity contribution in [2.45, 2.75) is 39.0 Å². The van der Waals surface area contributed by atoms with E-state index >= 15 is 0 Å². The number of nitrogens with one attached hydrogen (secondary N) is 1. The molecule has 13 heavy (non-hydrogen) atoms. The van der Waals surface area contributed by atoms with E-state index in [9.17, 15) is 0 Å². The van der Waals surface area contributed by atoms with Gasteiger partial charge in [0.1, 0.15) is 0 Å². The van der Waals surface area contributed by atoms with Crippen molar-refractivity contribution >= 4 is 5.96 Å². The maximum atomic E-state index is 8.44. The van der Waals surface area contributed by atoms with Crippen LogP contribution in [0.4, 0.5) is 0 Å². The molecule has 0 aliphatic heterocycles. The minimum Gasteiger partial charge on any atom is -0.368 e. The van der Waals surface area contributed by atoms with Crippen LogP contribution < -0.4 is 11.2 Å². The van der Waals surface area contributed by atoms with Crippen molar-refractivity contribution in [1.82, 2.24) is 5.48 Å². The number of nitrogens with zero attached hydrogens (tertiary/aromatic N) is 1. The number of hydrogen-bond acceptors (Lipinski definition) is 2. The molecule has 0 amide bonds. The van der Waals surface area contributed by atoms with Crippen LogP contribution in [-0.4, -0.2) is 17.7 Å². The molecule has 0 bridgehead atoms. The highest BCUT2D eigenvalue weighted by molar-refractivity contribution is 5.76. The van der Waals surface area contributed by atoms with E-state index in [2.05, 4.69) is 11.9 Å². The van der Waals surface area contributed by atoms with Crippen molar-refractivity contribution in [3.63, 3.8) is 0 Å². The molecule has 1 aliphatic rings. The molecule has 4 heteroatoms. The Morgan fingerprint density at radius 2 is 2.08 bits per heavy atom. The van der Waals surface area contributed by atoms with Crippen molar-refractivity contribution in [2.24, 2.45) is 16.1 Å². The summed E-state index contributed by atoms with van der Waals surface area (Å²) >= 11 is 0. The van der Waals surface area contributed by atoms with Crippen LogP contribution in [0.5, 0.6) is 0 Å². The summed E-state index contributed by atoms with van der Waals surface area (Å²) in [6.45, 7) is 2.95. The minimum absolute atomic E-state index is 0.117. The Morgan fingerprint density at radius 1 is 1.46 bits per heavy atom. The molecule has 0 aromatic rings. The molecule has 1 rings (SSSR count). The molecule has 0 radical (unpaired) electrons. The van der Waals surface area contributed by atoms with E-state index in [-0.39, 0.29) is 5.96 Å². The fraction of sp³-hybridized carbons (Fsp3) is 0.889. The lowest BCUT2D eigenvalue weighted by Gasteiger charge is -2.31. The molecule has 76 valence electrons. The SMILES string of the molecule is CC1(CN=C(N)NO)CCCCC1. The molecule has 0 saturated heterocycles. The van der Waals surface area contributed by atoms with Gasteiger partial charge in [-0.15, -0.1) is 0 Å². The van der Waals surface area contributed by atoms with Gasteiger partial charge in [0.2, 0.25) is 5.96 Å². The standard InChI is InChI=1S/C9H19N3O/c1-9(5-3-2-4-6-9)7-11-8(10)12-13/h13H,2-7H2,1H3,(H3,10,11,12). The molecule has 1 fully saturated rings. The van der Waals surface area contributed by atoms with Crippen molar-refractivity contribution in [2.75, 3.05) is 6.54 Å². The molecule has 4 N–H and O–H groups in total. The molecule has 0 atom stereocenters. The summed E-state index contributed by atoms with van der Waals surface area (Å²) in [5, 5.41) is 8.44. The zero-order chi connectivity index (χ0) is 9.73. The normalized spacial score (nSPS) is 22.8. The first-order valence-electron chi connectivity index (χ1n) is 4.86. The highest BCUT2D eigenvalue weighted by atomic mass is 16.5. The molecular formula is C9H19N3O. The second kappa shape index (κ2) is 4.46. The van der Waals surface area contributed by atoms with Crippen LogP contribution in [0.3, 0.4) is 0 Å². The van der Waals surface area contributed by atoms with Gasteiger partial charge in [-0.25, -0.2) is 5.48 Å². The van der Waals surface area contributed by atoms with Crippen molar-refractivity contribution in [3.05, 3.63) is 0 Å². The molecule has 4 nitrogen and oxygen atoms in total. The number of guanidine groups is 1.